The molecule has 0 aliphatic carbocycles. The monoisotopic (exact) mass is 348 g/mol. The van der Waals surface area contributed by atoms with Crippen LogP contribution in [0.4, 0.5) is 5.69 Å². The molecule has 8 nitrogen and oxygen atoms in total. The van der Waals surface area contributed by atoms with Crippen LogP contribution in [0.15, 0.2) is 29.4 Å². The number of thioether (sulfide) groups is 1. The summed E-state index contributed by atoms with van der Waals surface area (Å²) in [7, 11) is 0. The van der Waals surface area contributed by atoms with Crippen molar-refractivity contribution in [3.8, 4) is 0 Å². The Morgan fingerprint density at radius 1 is 1.33 bits per heavy atom. The molecule has 128 valence electrons. The van der Waals surface area contributed by atoms with Crippen molar-refractivity contribution in [2.45, 2.75) is 32.0 Å². The summed E-state index contributed by atoms with van der Waals surface area (Å²) in [6.07, 6.45) is 0. The molecular formula is C15H20N6O2S. The molecule has 2 aromatic rings. The standard InChI is InChI=1S/C15H20N6O2S/c1-4-16-14(23)11-6-5-7-12(8-11)17-13(22)9-24-15-18-19-20-21(15)10(2)3/h5-8,10H,4,9H2,1-3H3,(H,16,23)(H,17,22). The molecule has 1 heterocycles. The van der Waals surface area contributed by atoms with Crippen molar-refractivity contribution in [3.05, 3.63) is 29.8 Å². The van der Waals surface area contributed by atoms with E-state index < -0.39 is 0 Å². The SMILES string of the molecule is CCNC(=O)c1cccc(NC(=O)CSc2nnnn2C(C)C)c1. The molecule has 2 N–H and O–H groups in total. The number of tetrazole rings is 1. The molecule has 0 bridgehead atoms. The number of nitrogens with one attached hydrogen (secondary N) is 2. The maximum absolute atomic E-state index is 12.1. The predicted octanol–water partition coefficient (Wildman–Crippen LogP) is 1.73. The third-order valence-corrected chi connectivity index (χ3v) is 3.96. The van der Waals surface area contributed by atoms with Gasteiger partial charge in [-0.25, -0.2) is 4.68 Å². The normalized spacial score (nSPS) is 10.7. The molecule has 0 saturated heterocycles. The zero-order valence-electron chi connectivity index (χ0n) is 13.8. The lowest BCUT2D eigenvalue weighted by atomic mass is 10.2. The van der Waals surface area contributed by atoms with Gasteiger partial charge in [-0.2, -0.15) is 0 Å². The second-order valence-electron chi connectivity index (χ2n) is 5.28. The molecule has 1 aromatic heterocycles. The first-order valence-corrected chi connectivity index (χ1v) is 8.58. The number of hydrogen-bond donors (Lipinski definition) is 2. The fraction of sp³-hybridized carbons (Fsp3) is 0.400. The highest BCUT2D eigenvalue weighted by Gasteiger charge is 2.12. The molecule has 2 amide bonds. The van der Waals surface area contributed by atoms with Gasteiger partial charge in [0.05, 0.1) is 11.8 Å². The van der Waals surface area contributed by atoms with E-state index in [-0.39, 0.29) is 23.6 Å². The Kier molecular flexibility index (Phi) is 6.30. The van der Waals surface area contributed by atoms with Gasteiger partial charge in [0, 0.05) is 17.8 Å². The van der Waals surface area contributed by atoms with Crippen molar-refractivity contribution in [2.24, 2.45) is 0 Å². The van der Waals surface area contributed by atoms with Gasteiger partial charge >= 0.3 is 0 Å². The van der Waals surface area contributed by atoms with Gasteiger partial charge in [-0.05, 0) is 49.4 Å². The van der Waals surface area contributed by atoms with Crippen molar-refractivity contribution in [2.75, 3.05) is 17.6 Å². The molecule has 1 aromatic carbocycles. The van der Waals surface area contributed by atoms with Gasteiger partial charge in [0.2, 0.25) is 11.1 Å². The molecule has 2 rings (SSSR count). The minimum absolute atomic E-state index is 0.124. The zero-order valence-corrected chi connectivity index (χ0v) is 14.6. The van der Waals surface area contributed by atoms with E-state index in [9.17, 15) is 9.59 Å². The van der Waals surface area contributed by atoms with E-state index in [4.69, 9.17) is 0 Å². The molecular weight excluding hydrogens is 328 g/mol. The van der Waals surface area contributed by atoms with Crippen LogP contribution in [0.1, 0.15) is 37.2 Å². The van der Waals surface area contributed by atoms with Crippen LogP contribution in [0.25, 0.3) is 0 Å². The van der Waals surface area contributed by atoms with Crippen LogP contribution >= 0.6 is 11.8 Å². The Balaban J connectivity index is 1.94. The van der Waals surface area contributed by atoms with Gasteiger partial charge in [0.25, 0.3) is 5.91 Å². The molecule has 0 aliphatic rings. The average molecular weight is 348 g/mol. The smallest absolute Gasteiger partial charge is 0.251 e. The second kappa shape index (κ2) is 8.44. The van der Waals surface area contributed by atoms with E-state index in [0.29, 0.717) is 23.0 Å². The Morgan fingerprint density at radius 2 is 2.12 bits per heavy atom. The number of carbonyl (C=O) groups excluding carboxylic acids is 2. The van der Waals surface area contributed by atoms with Gasteiger partial charge < -0.3 is 10.6 Å². The first-order chi connectivity index (χ1) is 11.5. The summed E-state index contributed by atoms with van der Waals surface area (Å²) in [6, 6.07) is 6.94. The van der Waals surface area contributed by atoms with Crippen LogP contribution < -0.4 is 10.6 Å². The number of carbonyl (C=O) groups is 2. The summed E-state index contributed by atoms with van der Waals surface area (Å²) >= 11 is 1.26. The number of benzene rings is 1. The molecule has 0 spiro atoms. The maximum Gasteiger partial charge on any atom is 0.251 e. The number of aromatic nitrogens is 4. The van der Waals surface area contributed by atoms with Crippen LogP contribution in [0.5, 0.6) is 0 Å². The zero-order chi connectivity index (χ0) is 17.5. The third kappa shape index (κ3) is 4.79. The molecule has 24 heavy (non-hydrogen) atoms. The van der Waals surface area contributed by atoms with E-state index in [1.54, 1.807) is 28.9 Å². The van der Waals surface area contributed by atoms with Gasteiger partial charge in [-0.3, -0.25) is 9.59 Å². The lowest BCUT2D eigenvalue weighted by Gasteiger charge is -2.08. The van der Waals surface area contributed by atoms with E-state index in [1.807, 2.05) is 20.8 Å². The Morgan fingerprint density at radius 3 is 2.83 bits per heavy atom. The molecule has 0 atom stereocenters. The Hall–Kier alpha value is -2.42. The highest BCUT2D eigenvalue weighted by molar-refractivity contribution is 7.99. The molecule has 0 aliphatic heterocycles. The van der Waals surface area contributed by atoms with Crippen molar-refractivity contribution in [1.82, 2.24) is 25.5 Å². The lowest BCUT2D eigenvalue weighted by Crippen LogP contribution is -2.23. The van der Waals surface area contributed by atoms with Crippen molar-refractivity contribution in [3.63, 3.8) is 0 Å². The highest BCUT2D eigenvalue weighted by atomic mass is 32.2. The fourth-order valence-electron chi connectivity index (χ4n) is 1.93. The van der Waals surface area contributed by atoms with E-state index in [0.717, 1.165) is 0 Å². The maximum atomic E-state index is 12.1. The summed E-state index contributed by atoms with van der Waals surface area (Å²) in [6.45, 7) is 6.34. The third-order valence-electron chi connectivity index (χ3n) is 3.03. The average Bonchev–Trinajstić information content (AvgIpc) is 3.02. The number of anilines is 1. The Labute approximate surface area is 144 Å². The fourth-order valence-corrected chi connectivity index (χ4v) is 2.74. The lowest BCUT2D eigenvalue weighted by molar-refractivity contribution is -0.113. The van der Waals surface area contributed by atoms with Crippen LogP contribution in [0, 0.1) is 0 Å². The molecule has 9 heteroatoms. The van der Waals surface area contributed by atoms with Crippen molar-refractivity contribution in [1.29, 1.82) is 0 Å². The molecule has 0 radical (unpaired) electrons. The number of amides is 2. The van der Waals surface area contributed by atoms with Gasteiger partial charge in [-0.1, -0.05) is 17.8 Å². The second-order valence-corrected chi connectivity index (χ2v) is 6.22. The van der Waals surface area contributed by atoms with Gasteiger partial charge in [0.1, 0.15) is 0 Å². The quantitative estimate of drug-likeness (QED) is 0.739. The van der Waals surface area contributed by atoms with Crippen LogP contribution in [-0.4, -0.2) is 44.3 Å². The van der Waals surface area contributed by atoms with Gasteiger partial charge in [-0.15, -0.1) is 5.10 Å². The summed E-state index contributed by atoms with van der Waals surface area (Å²) in [5, 5.41) is 17.5. The minimum atomic E-state index is -0.189. The largest absolute Gasteiger partial charge is 0.352 e. The van der Waals surface area contributed by atoms with E-state index >= 15 is 0 Å². The van der Waals surface area contributed by atoms with Crippen LogP contribution in [-0.2, 0) is 4.79 Å². The van der Waals surface area contributed by atoms with E-state index in [2.05, 4.69) is 26.2 Å². The number of hydrogen-bond acceptors (Lipinski definition) is 6. The van der Waals surface area contributed by atoms with Crippen LogP contribution in [0.2, 0.25) is 0 Å². The molecule has 0 unspecified atom stereocenters. The molecule has 0 fully saturated rings. The van der Waals surface area contributed by atoms with Crippen molar-refractivity contribution >= 4 is 29.3 Å². The summed E-state index contributed by atoms with van der Waals surface area (Å²) in [4.78, 5) is 23.9. The summed E-state index contributed by atoms with van der Waals surface area (Å²) in [5.41, 5.74) is 1.08. The predicted molar refractivity (Wildman–Crippen MR) is 92.0 cm³/mol. The molecule has 0 saturated carbocycles. The number of rotatable bonds is 7. The van der Waals surface area contributed by atoms with Crippen LogP contribution in [0.3, 0.4) is 0 Å². The summed E-state index contributed by atoms with van der Waals surface area (Å²) < 4.78 is 1.66. The highest BCUT2D eigenvalue weighted by Crippen LogP contribution is 2.18. The minimum Gasteiger partial charge on any atom is -0.352 e. The van der Waals surface area contributed by atoms with Gasteiger partial charge in [0.15, 0.2) is 0 Å². The first-order valence-electron chi connectivity index (χ1n) is 7.60. The summed E-state index contributed by atoms with van der Waals surface area (Å²) in [5.74, 6) is -0.177. The first kappa shape index (κ1) is 17.9. The number of nitrogens with zero attached hydrogens (tertiary/aromatic N) is 4. The van der Waals surface area contributed by atoms with Crippen molar-refractivity contribution < 1.29 is 9.59 Å². The Bertz CT molecular complexity index is 715. The van der Waals surface area contributed by atoms with E-state index in [1.165, 1.54) is 11.8 Å². The topological polar surface area (TPSA) is 102 Å².